The van der Waals surface area contributed by atoms with Crippen LogP contribution < -0.4 is 21.9 Å². The first-order chi connectivity index (χ1) is 7.44. The van der Waals surface area contributed by atoms with Crippen LogP contribution in [0.4, 0.5) is 0 Å². The number of hydrogen-bond donors (Lipinski definition) is 4. The standard InChI is InChI=1S/2C4H8N2O2.Co/c2*1-3(5-7)4(2)6-8;/h2*5-6H,1-2H3;/q2*-1;+2/b2*4-3-;. The molecule has 0 spiro atoms. The van der Waals surface area contributed by atoms with Crippen LogP contribution in [-0.4, -0.2) is 0 Å². The van der Waals surface area contributed by atoms with Crippen molar-refractivity contribution in [2.24, 2.45) is 0 Å². The number of rotatable bonds is 4. The van der Waals surface area contributed by atoms with Crippen LogP contribution in [0.5, 0.6) is 0 Å². The third-order valence-corrected chi connectivity index (χ3v) is 1.74. The maximum absolute atomic E-state index is 9.74. The van der Waals surface area contributed by atoms with Crippen LogP contribution in [0.25, 0.3) is 0 Å². The molecule has 0 bridgehead atoms. The van der Waals surface area contributed by atoms with Crippen molar-refractivity contribution in [3.63, 3.8) is 0 Å². The molecule has 8 nitrogen and oxygen atoms in total. The molecule has 0 aliphatic rings. The van der Waals surface area contributed by atoms with Crippen molar-refractivity contribution in [3.8, 4) is 0 Å². The van der Waals surface area contributed by atoms with E-state index in [1.807, 2.05) is 0 Å². The minimum atomic E-state index is 0. The summed E-state index contributed by atoms with van der Waals surface area (Å²) >= 11 is 0. The van der Waals surface area contributed by atoms with Gasteiger partial charge in [0.1, 0.15) is 0 Å². The molecule has 0 saturated carbocycles. The Morgan fingerprint density at radius 3 is 1.00 bits per heavy atom. The maximum Gasteiger partial charge on any atom is 2.00 e. The van der Waals surface area contributed by atoms with Crippen molar-refractivity contribution in [1.29, 1.82) is 0 Å². The topological polar surface area (TPSA) is 134 Å². The molecule has 9 heteroatoms. The average Bonchev–Trinajstić information content (AvgIpc) is 2.35. The summed E-state index contributed by atoms with van der Waals surface area (Å²) in [5.41, 5.74) is 7.61. The molecule has 0 atom stereocenters. The number of allylic oxidation sites excluding steroid dienone is 4. The van der Waals surface area contributed by atoms with Gasteiger partial charge in [-0.3, -0.25) is 0 Å². The van der Waals surface area contributed by atoms with Gasteiger partial charge in [-0.15, -0.1) is 0 Å². The molecule has 0 saturated heterocycles. The van der Waals surface area contributed by atoms with Crippen LogP contribution in [0, 0.1) is 10.4 Å². The van der Waals surface area contributed by atoms with Gasteiger partial charge < -0.3 is 21.4 Å². The second-order valence-electron chi connectivity index (χ2n) is 2.91. The first-order valence-corrected chi connectivity index (χ1v) is 4.32. The van der Waals surface area contributed by atoms with E-state index in [9.17, 15) is 20.8 Å². The Hall–Kier alpha value is -0.974. The molecule has 0 fully saturated rings. The normalized spacial score (nSPS) is 11.8. The van der Waals surface area contributed by atoms with Crippen molar-refractivity contribution in [2.45, 2.75) is 27.7 Å². The smallest absolute Gasteiger partial charge is 0.761 e. The molecule has 0 amide bonds. The Labute approximate surface area is 110 Å². The molecular formula is C8H16CoN4O4. The van der Waals surface area contributed by atoms with Crippen LogP contribution in [0.3, 0.4) is 0 Å². The van der Waals surface area contributed by atoms with Gasteiger partial charge >= 0.3 is 16.8 Å². The summed E-state index contributed by atoms with van der Waals surface area (Å²) in [6, 6.07) is 0. The van der Waals surface area contributed by atoms with Gasteiger partial charge in [-0.05, 0) is 27.7 Å². The van der Waals surface area contributed by atoms with E-state index >= 15 is 0 Å². The third-order valence-electron chi connectivity index (χ3n) is 1.74. The molecule has 0 unspecified atom stereocenters. The molecule has 17 heavy (non-hydrogen) atoms. The van der Waals surface area contributed by atoms with E-state index in [-0.39, 0.29) is 16.8 Å². The minimum absolute atomic E-state index is 0. The Bertz CT molecular complexity index is 208. The predicted molar refractivity (Wildman–Crippen MR) is 57.4 cm³/mol. The number of hydrogen-bond acceptors (Lipinski definition) is 6. The fourth-order valence-corrected chi connectivity index (χ4v) is 0.306. The Morgan fingerprint density at radius 2 is 0.941 bits per heavy atom. The summed E-state index contributed by atoms with van der Waals surface area (Å²) < 4.78 is 0. The third kappa shape index (κ3) is 11.3. The van der Waals surface area contributed by atoms with Crippen molar-refractivity contribution in [3.05, 3.63) is 33.2 Å². The van der Waals surface area contributed by atoms with Crippen molar-refractivity contribution in [1.82, 2.24) is 21.9 Å². The van der Waals surface area contributed by atoms with Crippen molar-refractivity contribution < 1.29 is 27.2 Å². The van der Waals surface area contributed by atoms with E-state index in [1.165, 1.54) is 27.7 Å². The van der Waals surface area contributed by atoms with Gasteiger partial charge in [0.25, 0.3) is 0 Å². The number of hydroxylamine groups is 4. The summed E-state index contributed by atoms with van der Waals surface area (Å²) in [6.45, 7) is 6.08. The van der Waals surface area contributed by atoms with Gasteiger partial charge in [-0.25, -0.2) is 11.0 Å². The van der Waals surface area contributed by atoms with E-state index in [0.29, 0.717) is 22.8 Å². The summed E-state index contributed by atoms with van der Waals surface area (Å²) in [4.78, 5) is 0. The Morgan fingerprint density at radius 1 is 0.706 bits per heavy atom. The summed E-state index contributed by atoms with van der Waals surface area (Å²) in [7, 11) is 0. The van der Waals surface area contributed by atoms with Gasteiger partial charge in [-0.1, -0.05) is 10.4 Å². The second-order valence-corrected chi connectivity index (χ2v) is 2.91. The molecule has 0 rings (SSSR count). The molecule has 0 aliphatic heterocycles. The molecule has 4 N–H and O–H groups in total. The van der Waals surface area contributed by atoms with Gasteiger partial charge in [0.05, 0.1) is 11.4 Å². The Kier molecular flexibility index (Phi) is 16.4. The zero-order valence-electron chi connectivity index (χ0n) is 9.97. The van der Waals surface area contributed by atoms with Crippen LogP contribution in [0.1, 0.15) is 27.7 Å². The van der Waals surface area contributed by atoms with E-state index < -0.39 is 0 Å². The zero-order valence-corrected chi connectivity index (χ0v) is 11.0. The Balaban J connectivity index is -0.000000218. The van der Waals surface area contributed by atoms with E-state index in [1.54, 1.807) is 21.9 Å². The molecule has 101 valence electrons. The van der Waals surface area contributed by atoms with Gasteiger partial charge in [0, 0.05) is 11.4 Å². The first kappa shape index (κ1) is 21.3. The number of nitrogens with one attached hydrogen (secondary N) is 4. The largest absolute Gasteiger partial charge is 2.00 e. The van der Waals surface area contributed by atoms with Crippen LogP contribution in [-0.2, 0) is 27.2 Å². The van der Waals surface area contributed by atoms with E-state index in [4.69, 9.17) is 0 Å². The fraction of sp³-hybridized carbons (Fsp3) is 0.500. The minimum Gasteiger partial charge on any atom is -0.761 e. The van der Waals surface area contributed by atoms with Gasteiger partial charge in [0.15, 0.2) is 0 Å². The average molecular weight is 291 g/mol. The van der Waals surface area contributed by atoms with Crippen molar-refractivity contribution >= 4 is 0 Å². The molecule has 0 heterocycles. The predicted octanol–water partition coefficient (Wildman–Crippen LogP) is 0.518. The summed E-state index contributed by atoms with van der Waals surface area (Å²) in [5, 5.41) is 39.0. The molecule has 0 aromatic carbocycles. The van der Waals surface area contributed by atoms with Crippen LogP contribution in [0.15, 0.2) is 22.8 Å². The SMILES string of the molecule is C/C(N[O])=C(\C)N[O-].C/C(N[O])=C(\C)N[O-].[Co+2]. The van der Waals surface area contributed by atoms with Crippen LogP contribution >= 0.6 is 0 Å². The summed E-state index contributed by atoms with van der Waals surface area (Å²) in [6.07, 6.45) is 0. The second kappa shape index (κ2) is 13.1. The van der Waals surface area contributed by atoms with Gasteiger partial charge in [0.2, 0.25) is 0 Å². The molecular weight excluding hydrogens is 275 g/mol. The molecule has 3 radical (unpaired) electrons. The van der Waals surface area contributed by atoms with Crippen LogP contribution in [0.2, 0.25) is 0 Å². The molecule has 0 aromatic heterocycles. The monoisotopic (exact) mass is 291 g/mol. The molecule has 0 aliphatic carbocycles. The van der Waals surface area contributed by atoms with Gasteiger partial charge in [-0.2, -0.15) is 0 Å². The van der Waals surface area contributed by atoms with E-state index in [2.05, 4.69) is 0 Å². The quantitative estimate of drug-likeness (QED) is 0.558. The first-order valence-electron chi connectivity index (χ1n) is 4.32. The fourth-order valence-electron chi connectivity index (χ4n) is 0.306. The maximum atomic E-state index is 9.74. The zero-order chi connectivity index (χ0) is 13.1. The van der Waals surface area contributed by atoms with E-state index in [0.717, 1.165) is 0 Å². The summed E-state index contributed by atoms with van der Waals surface area (Å²) in [5.74, 6) is 0. The molecule has 0 aromatic rings. The van der Waals surface area contributed by atoms with Crippen molar-refractivity contribution in [2.75, 3.05) is 0 Å².